The first-order valence-electron chi connectivity index (χ1n) is 5.12. The first-order valence-corrected chi connectivity index (χ1v) is 7.01. The lowest BCUT2D eigenvalue weighted by atomic mass is 10.3. The number of hydrogen-bond donors (Lipinski definition) is 3. The smallest absolute Gasteiger partial charge is 0.319 e. The summed E-state index contributed by atoms with van der Waals surface area (Å²) >= 11 is 0. The minimum Gasteiger partial charge on any atom is -0.337 e. The van der Waals surface area contributed by atoms with Gasteiger partial charge in [0.15, 0.2) is 0 Å². The Balaban J connectivity index is 2.30. The number of carbonyl (C=O) groups excluding carboxylic acids is 1. The van der Waals surface area contributed by atoms with E-state index in [9.17, 15) is 17.6 Å². The predicted molar refractivity (Wildman–Crippen MR) is 66.3 cm³/mol. The fourth-order valence-electron chi connectivity index (χ4n) is 1.15. The molecule has 0 bridgehead atoms. The van der Waals surface area contributed by atoms with Crippen LogP contribution in [0.5, 0.6) is 0 Å². The third-order valence-corrected chi connectivity index (χ3v) is 2.59. The number of urea groups is 1. The minimum atomic E-state index is -3.26. The van der Waals surface area contributed by atoms with E-state index < -0.39 is 21.9 Å². The molecule has 2 amide bonds. The van der Waals surface area contributed by atoms with Crippen LogP contribution < -0.4 is 15.4 Å². The number of rotatable bonds is 5. The van der Waals surface area contributed by atoms with Gasteiger partial charge < -0.3 is 10.6 Å². The van der Waals surface area contributed by atoms with Crippen molar-refractivity contribution in [2.45, 2.75) is 0 Å². The standard InChI is InChI=1S/C10H14FN3O3S/c1-18(16,17)13-6-5-12-10(15)14-9-4-2-3-8(11)7-9/h2-4,7,13H,5-6H2,1H3,(H2,12,14,15). The van der Waals surface area contributed by atoms with Crippen LogP contribution in [-0.4, -0.2) is 33.8 Å². The normalized spacial score (nSPS) is 11.0. The Hall–Kier alpha value is -1.67. The van der Waals surface area contributed by atoms with E-state index in [0.717, 1.165) is 6.26 Å². The van der Waals surface area contributed by atoms with Crippen molar-refractivity contribution in [3.05, 3.63) is 30.1 Å². The van der Waals surface area contributed by atoms with E-state index in [1.54, 1.807) is 0 Å². The molecule has 1 aromatic carbocycles. The van der Waals surface area contributed by atoms with Gasteiger partial charge in [0.2, 0.25) is 10.0 Å². The summed E-state index contributed by atoms with van der Waals surface area (Å²) in [4.78, 5) is 11.3. The lowest BCUT2D eigenvalue weighted by Crippen LogP contribution is -2.36. The zero-order chi connectivity index (χ0) is 13.6. The second kappa shape index (κ2) is 6.31. The van der Waals surface area contributed by atoms with Crippen LogP contribution >= 0.6 is 0 Å². The summed E-state index contributed by atoms with van der Waals surface area (Å²) in [6.07, 6.45) is 1.03. The third-order valence-electron chi connectivity index (χ3n) is 1.86. The molecule has 0 spiro atoms. The summed E-state index contributed by atoms with van der Waals surface area (Å²) < 4.78 is 36.5. The molecule has 0 atom stereocenters. The monoisotopic (exact) mass is 275 g/mol. The topological polar surface area (TPSA) is 87.3 Å². The molecule has 0 saturated heterocycles. The van der Waals surface area contributed by atoms with Gasteiger partial charge in [-0.25, -0.2) is 22.3 Å². The molecule has 0 unspecified atom stereocenters. The maximum atomic E-state index is 12.8. The van der Waals surface area contributed by atoms with Gasteiger partial charge in [0.1, 0.15) is 5.82 Å². The van der Waals surface area contributed by atoms with E-state index in [-0.39, 0.29) is 13.1 Å². The van der Waals surface area contributed by atoms with Gasteiger partial charge in [-0.15, -0.1) is 0 Å². The van der Waals surface area contributed by atoms with E-state index in [0.29, 0.717) is 5.69 Å². The van der Waals surface area contributed by atoms with Gasteiger partial charge in [-0.1, -0.05) is 6.07 Å². The van der Waals surface area contributed by atoms with E-state index in [1.807, 2.05) is 0 Å². The van der Waals surface area contributed by atoms with Gasteiger partial charge in [0, 0.05) is 18.8 Å². The van der Waals surface area contributed by atoms with E-state index in [4.69, 9.17) is 0 Å². The SMILES string of the molecule is CS(=O)(=O)NCCNC(=O)Nc1cccc(F)c1. The summed E-state index contributed by atoms with van der Waals surface area (Å²) in [5.74, 6) is -0.452. The summed E-state index contributed by atoms with van der Waals surface area (Å²) in [5, 5.41) is 4.84. The van der Waals surface area contributed by atoms with Crippen molar-refractivity contribution in [1.82, 2.24) is 10.0 Å². The van der Waals surface area contributed by atoms with Crippen LogP contribution in [0.1, 0.15) is 0 Å². The van der Waals surface area contributed by atoms with Crippen LogP contribution in [0, 0.1) is 5.82 Å². The highest BCUT2D eigenvalue weighted by atomic mass is 32.2. The molecule has 1 aromatic rings. The minimum absolute atomic E-state index is 0.0927. The lowest BCUT2D eigenvalue weighted by Gasteiger charge is -2.07. The Bertz CT molecular complexity index is 519. The first kappa shape index (κ1) is 14.4. The number of hydrogen-bond acceptors (Lipinski definition) is 3. The summed E-state index contributed by atoms with van der Waals surface area (Å²) in [5.41, 5.74) is 0.323. The fourth-order valence-corrected chi connectivity index (χ4v) is 1.63. The molecule has 0 aliphatic carbocycles. The largest absolute Gasteiger partial charge is 0.337 e. The summed E-state index contributed by atoms with van der Waals surface area (Å²) in [6, 6.07) is 4.91. The first-order chi connectivity index (χ1) is 8.37. The maximum absolute atomic E-state index is 12.8. The molecule has 1 rings (SSSR count). The average molecular weight is 275 g/mol. The summed E-state index contributed by atoms with van der Waals surface area (Å²) in [6.45, 7) is 0.226. The molecule has 18 heavy (non-hydrogen) atoms. The number of halogens is 1. The second-order valence-electron chi connectivity index (χ2n) is 3.56. The molecule has 3 N–H and O–H groups in total. The molecular formula is C10H14FN3O3S. The van der Waals surface area contributed by atoms with Crippen molar-refractivity contribution in [3.63, 3.8) is 0 Å². The number of carbonyl (C=O) groups is 1. The van der Waals surface area contributed by atoms with Gasteiger partial charge in [-0.3, -0.25) is 0 Å². The molecule has 0 heterocycles. The number of anilines is 1. The zero-order valence-corrected chi connectivity index (χ0v) is 10.6. The Morgan fingerprint density at radius 3 is 2.67 bits per heavy atom. The second-order valence-corrected chi connectivity index (χ2v) is 5.39. The quantitative estimate of drug-likeness (QED) is 0.684. The highest BCUT2D eigenvalue weighted by molar-refractivity contribution is 7.88. The van der Waals surface area contributed by atoms with Crippen molar-refractivity contribution < 1.29 is 17.6 Å². The van der Waals surface area contributed by atoms with Crippen LogP contribution in [-0.2, 0) is 10.0 Å². The highest BCUT2D eigenvalue weighted by Gasteiger charge is 2.03. The molecule has 100 valence electrons. The van der Waals surface area contributed by atoms with Crippen molar-refractivity contribution in [2.75, 3.05) is 24.7 Å². The Morgan fingerprint density at radius 1 is 1.33 bits per heavy atom. The van der Waals surface area contributed by atoms with Gasteiger partial charge in [0.25, 0.3) is 0 Å². The Morgan fingerprint density at radius 2 is 2.06 bits per heavy atom. The molecule has 0 aliphatic heterocycles. The van der Waals surface area contributed by atoms with Crippen LogP contribution in [0.3, 0.4) is 0 Å². The third kappa shape index (κ3) is 6.16. The fraction of sp³-hybridized carbons (Fsp3) is 0.300. The Kier molecular flexibility index (Phi) is 5.05. The van der Waals surface area contributed by atoms with Crippen LogP contribution in [0.15, 0.2) is 24.3 Å². The van der Waals surface area contributed by atoms with Crippen molar-refractivity contribution in [2.24, 2.45) is 0 Å². The number of sulfonamides is 1. The summed E-state index contributed by atoms with van der Waals surface area (Å²) in [7, 11) is -3.26. The highest BCUT2D eigenvalue weighted by Crippen LogP contribution is 2.08. The molecule has 0 saturated carbocycles. The van der Waals surface area contributed by atoms with Crippen molar-refractivity contribution >= 4 is 21.7 Å². The molecular weight excluding hydrogens is 261 g/mol. The number of amides is 2. The van der Waals surface area contributed by atoms with E-state index in [1.165, 1.54) is 24.3 Å². The number of benzene rings is 1. The van der Waals surface area contributed by atoms with Crippen LogP contribution in [0.2, 0.25) is 0 Å². The van der Waals surface area contributed by atoms with Crippen molar-refractivity contribution in [1.29, 1.82) is 0 Å². The van der Waals surface area contributed by atoms with E-state index >= 15 is 0 Å². The van der Waals surface area contributed by atoms with Crippen LogP contribution in [0.25, 0.3) is 0 Å². The Labute approximate surface area is 105 Å². The molecule has 0 fully saturated rings. The molecule has 6 nitrogen and oxygen atoms in total. The van der Waals surface area contributed by atoms with Crippen LogP contribution in [0.4, 0.5) is 14.9 Å². The maximum Gasteiger partial charge on any atom is 0.319 e. The zero-order valence-electron chi connectivity index (χ0n) is 9.73. The lowest BCUT2D eigenvalue weighted by molar-refractivity contribution is 0.252. The van der Waals surface area contributed by atoms with E-state index in [2.05, 4.69) is 15.4 Å². The molecule has 0 aliphatic rings. The number of nitrogens with one attached hydrogen (secondary N) is 3. The molecule has 0 aromatic heterocycles. The molecule has 0 radical (unpaired) electrons. The molecule has 8 heteroatoms. The van der Waals surface area contributed by atoms with Gasteiger partial charge in [-0.05, 0) is 18.2 Å². The average Bonchev–Trinajstić information content (AvgIpc) is 2.23. The predicted octanol–water partition coefficient (Wildman–Crippen LogP) is 0.496. The van der Waals surface area contributed by atoms with Gasteiger partial charge in [-0.2, -0.15) is 0 Å². The van der Waals surface area contributed by atoms with Gasteiger partial charge >= 0.3 is 6.03 Å². The van der Waals surface area contributed by atoms with Crippen molar-refractivity contribution in [3.8, 4) is 0 Å². The van der Waals surface area contributed by atoms with Gasteiger partial charge in [0.05, 0.1) is 6.26 Å².